The Morgan fingerprint density at radius 2 is 1.64 bits per heavy atom. The number of ether oxygens (including phenoxy) is 2. The summed E-state index contributed by atoms with van der Waals surface area (Å²) in [6.45, 7) is -0.666. The third kappa shape index (κ3) is 3.90. The third-order valence-electron chi connectivity index (χ3n) is 5.25. The van der Waals surface area contributed by atoms with Crippen LogP contribution in [0.3, 0.4) is 0 Å². The lowest BCUT2D eigenvalue weighted by molar-refractivity contribution is -0.277. The monoisotopic (exact) mass is 464 g/mol. The van der Waals surface area contributed by atoms with Crippen molar-refractivity contribution in [2.75, 3.05) is 6.61 Å². The lowest BCUT2D eigenvalue weighted by Gasteiger charge is -2.39. The molecule has 0 unspecified atom stereocenters. The SMILES string of the molecule is O=c1c(O)c(-c2ccc(O[C@H]3O[C@H](CO)[C@@H](O)[C@@H](O)[C@@H]3O)c(O)c2)oc2cc(O)cc(O)c12. The molecule has 12 heteroatoms. The number of hydrogen-bond acceptors (Lipinski definition) is 12. The fourth-order valence-corrected chi connectivity index (χ4v) is 3.52. The Balaban J connectivity index is 1.68. The standard InChI is InChI=1S/C21H20O12/c22-6-13-15(26)17(28)19(30)21(33-13)32-11-2-1-7(3-9(11)24)20-18(29)16(27)14-10(25)4-8(23)5-12(14)31-20/h1-5,13,15,17,19,21-26,28-30H,6H2/t13-,15-,17-,19+,21+/m1/s1. The second-order valence-corrected chi connectivity index (χ2v) is 7.44. The van der Waals surface area contributed by atoms with Gasteiger partial charge in [0.05, 0.1) is 6.61 Å². The highest BCUT2D eigenvalue weighted by Crippen LogP contribution is 2.39. The van der Waals surface area contributed by atoms with Gasteiger partial charge in [0.15, 0.2) is 17.3 Å². The van der Waals surface area contributed by atoms with Gasteiger partial charge in [-0.1, -0.05) is 0 Å². The first kappa shape index (κ1) is 22.6. The Bertz CT molecular complexity index is 1250. The van der Waals surface area contributed by atoms with Gasteiger partial charge in [0.2, 0.25) is 17.5 Å². The molecule has 0 radical (unpaired) electrons. The first-order valence-electron chi connectivity index (χ1n) is 9.64. The van der Waals surface area contributed by atoms with E-state index >= 15 is 0 Å². The molecule has 8 N–H and O–H groups in total. The van der Waals surface area contributed by atoms with E-state index in [0.717, 1.165) is 18.2 Å². The molecule has 2 aromatic carbocycles. The molecule has 1 aliphatic rings. The molecule has 176 valence electrons. The quantitative estimate of drug-likeness (QED) is 0.245. The van der Waals surface area contributed by atoms with Crippen molar-refractivity contribution in [2.24, 2.45) is 0 Å². The van der Waals surface area contributed by atoms with Crippen LogP contribution in [0.4, 0.5) is 0 Å². The number of aliphatic hydroxyl groups excluding tert-OH is 4. The summed E-state index contributed by atoms with van der Waals surface area (Å²) in [5.41, 5.74) is -1.16. The number of phenols is 3. The fraction of sp³-hybridized carbons (Fsp3) is 0.286. The molecule has 1 fully saturated rings. The van der Waals surface area contributed by atoms with Gasteiger partial charge in [-0.15, -0.1) is 0 Å². The normalized spacial score (nSPS) is 25.3. The second kappa shape index (κ2) is 8.42. The number of aliphatic hydroxyl groups is 4. The summed E-state index contributed by atoms with van der Waals surface area (Å²) >= 11 is 0. The highest BCUT2D eigenvalue weighted by atomic mass is 16.7. The van der Waals surface area contributed by atoms with Crippen LogP contribution in [0.5, 0.6) is 28.7 Å². The van der Waals surface area contributed by atoms with E-state index < -0.39 is 60.0 Å². The molecule has 0 aliphatic carbocycles. The minimum atomic E-state index is -1.70. The minimum absolute atomic E-state index is 0.0213. The smallest absolute Gasteiger partial charge is 0.238 e. The van der Waals surface area contributed by atoms with Gasteiger partial charge in [0.1, 0.15) is 46.9 Å². The highest BCUT2D eigenvalue weighted by Gasteiger charge is 2.45. The molecule has 4 rings (SSSR count). The predicted molar refractivity (Wildman–Crippen MR) is 109 cm³/mol. The van der Waals surface area contributed by atoms with Gasteiger partial charge in [0, 0.05) is 17.7 Å². The van der Waals surface area contributed by atoms with Gasteiger partial charge in [0.25, 0.3) is 0 Å². The lowest BCUT2D eigenvalue weighted by atomic mass is 9.99. The molecule has 12 nitrogen and oxygen atoms in total. The van der Waals surface area contributed by atoms with Gasteiger partial charge in [-0.25, -0.2) is 0 Å². The van der Waals surface area contributed by atoms with Gasteiger partial charge in [-0.3, -0.25) is 4.79 Å². The molecule has 33 heavy (non-hydrogen) atoms. The topological polar surface area (TPSA) is 211 Å². The summed E-state index contributed by atoms with van der Waals surface area (Å²) in [6.07, 6.45) is -7.73. The Hall–Kier alpha value is -3.55. The van der Waals surface area contributed by atoms with Crippen molar-refractivity contribution in [3.63, 3.8) is 0 Å². The van der Waals surface area contributed by atoms with E-state index in [1.807, 2.05) is 0 Å². The molecule has 2 heterocycles. The van der Waals surface area contributed by atoms with Gasteiger partial charge >= 0.3 is 0 Å². The summed E-state index contributed by atoms with van der Waals surface area (Å²) in [7, 11) is 0. The maximum Gasteiger partial charge on any atom is 0.238 e. The van der Waals surface area contributed by atoms with Crippen molar-refractivity contribution in [3.8, 4) is 40.1 Å². The average Bonchev–Trinajstić information content (AvgIpc) is 2.77. The molecule has 0 saturated carbocycles. The molecule has 0 spiro atoms. The number of fused-ring (bicyclic) bond motifs is 1. The van der Waals surface area contributed by atoms with Crippen molar-refractivity contribution in [3.05, 3.63) is 40.6 Å². The predicted octanol–water partition coefficient (Wildman–Crippen LogP) is -0.539. The van der Waals surface area contributed by atoms with Crippen LogP contribution >= 0.6 is 0 Å². The van der Waals surface area contributed by atoms with E-state index in [2.05, 4.69) is 0 Å². The van der Waals surface area contributed by atoms with Gasteiger partial charge < -0.3 is 54.7 Å². The van der Waals surface area contributed by atoms with Crippen molar-refractivity contribution in [1.82, 2.24) is 0 Å². The van der Waals surface area contributed by atoms with E-state index in [0.29, 0.717) is 0 Å². The summed E-state index contributed by atoms with van der Waals surface area (Å²) in [4.78, 5) is 12.5. The van der Waals surface area contributed by atoms with E-state index in [9.17, 15) is 45.6 Å². The maximum absolute atomic E-state index is 12.5. The summed E-state index contributed by atoms with van der Waals surface area (Å²) in [6, 6.07) is 5.51. The van der Waals surface area contributed by atoms with Crippen LogP contribution in [0.1, 0.15) is 0 Å². The van der Waals surface area contributed by atoms with E-state index in [4.69, 9.17) is 13.9 Å². The zero-order chi connectivity index (χ0) is 24.0. The lowest BCUT2D eigenvalue weighted by Crippen LogP contribution is -2.60. The molecule has 3 aromatic rings. The Labute approximate surface area is 184 Å². The van der Waals surface area contributed by atoms with Gasteiger partial charge in [-0.05, 0) is 18.2 Å². The van der Waals surface area contributed by atoms with Crippen LogP contribution in [0.15, 0.2) is 39.5 Å². The molecular formula is C21H20O12. The van der Waals surface area contributed by atoms with E-state index in [1.165, 1.54) is 12.1 Å². The molecule has 0 amide bonds. The Morgan fingerprint density at radius 3 is 2.30 bits per heavy atom. The first-order valence-corrected chi connectivity index (χ1v) is 9.64. The number of rotatable bonds is 4. The zero-order valence-corrected chi connectivity index (χ0v) is 16.7. The maximum atomic E-state index is 12.5. The molecule has 1 aliphatic heterocycles. The molecule has 1 saturated heterocycles. The number of hydrogen-bond donors (Lipinski definition) is 8. The van der Waals surface area contributed by atoms with Crippen LogP contribution in [-0.4, -0.2) is 78.2 Å². The second-order valence-electron chi connectivity index (χ2n) is 7.44. The van der Waals surface area contributed by atoms with Crippen LogP contribution in [0.2, 0.25) is 0 Å². The molecule has 1 aromatic heterocycles. The van der Waals surface area contributed by atoms with Crippen LogP contribution in [-0.2, 0) is 4.74 Å². The van der Waals surface area contributed by atoms with E-state index in [1.54, 1.807) is 0 Å². The summed E-state index contributed by atoms with van der Waals surface area (Å²) in [5.74, 6) is -2.97. The van der Waals surface area contributed by atoms with Crippen molar-refractivity contribution in [1.29, 1.82) is 0 Å². The molecule has 5 atom stereocenters. The number of phenolic OH excluding ortho intramolecular Hbond substituents is 3. The Morgan fingerprint density at radius 1 is 0.909 bits per heavy atom. The van der Waals surface area contributed by atoms with Gasteiger partial charge in [-0.2, -0.15) is 0 Å². The minimum Gasteiger partial charge on any atom is -0.508 e. The first-order chi connectivity index (χ1) is 15.6. The molecule has 0 bridgehead atoms. The highest BCUT2D eigenvalue weighted by molar-refractivity contribution is 5.88. The summed E-state index contributed by atoms with van der Waals surface area (Å²) < 4.78 is 16.1. The number of benzene rings is 2. The summed E-state index contributed by atoms with van der Waals surface area (Å²) in [5, 5.41) is 78.8. The third-order valence-corrected chi connectivity index (χ3v) is 5.25. The molecular weight excluding hydrogens is 444 g/mol. The average molecular weight is 464 g/mol. The Kier molecular flexibility index (Phi) is 5.78. The zero-order valence-electron chi connectivity index (χ0n) is 16.7. The largest absolute Gasteiger partial charge is 0.508 e. The van der Waals surface area contributed by atoms with Crippen molar-refractivity contribution >= 4 is 11.0 Å². The van der Waals surface area contributed by atoms with Crippen molar-refractivity contribution in [2.45, 2.75) is 30.7 Å². The van der Waals surface area contributed by atoms with E-state index in [-0.39, 0.29) is 33.8 Å². The van der Waals surface area contributed by atoms with Crippen LogP contribution in [0, 0.1) is 0 Å². The number of aromatic hydroxyl groups is 4. The van der Waals surface area contributed by atoms with Crippen LogP contribution < -0.4 is 10.2 Å². The van der Waals surface area contributed by atoms with Crippen LogP contribution in [0.25, 0.3) is 22.3 Å². The fourth-order valence-electron chi connectivity index (χ4n) is 3.52. The van der Waals surface area contributed by atoms with Crippen molar-refractivity contribution < 1.29 is 54.7 Å².